The molecule has 0 saturated heterocycles. The maximum Gasteiger partial charge on any atom is 0.120 e. The average molecular weight is 354 g/mol. The summed E-state index contributed by atoms with van der Waals surface area (Å²) in [6.07, 6.45) is 5.33. The normalized spacial score (nSPS) is 19.7. The van der Waals surface area contributed by atoms with E-state index in [4.69, 9.17) is 23.1 Å². The SMILES string of the molecule is N#CC1=C(N)N(C2CCCCC2)C(N)=C(C#N)C1c1ccc(Cl)cc1. The predicted octanol–water partition coefficient (Wildman–Crippen LogP) is 3.46. The van der Waals surface area contributed by atoms with Crippen molar-refractivity contribution in [2.24, 2.45) is 11.5 Å². The molecule has 25 heavy (non-hydrogen) atoms. The van der Waals surface area contributed by atoms with Gasteiger partial charge in [0.25, 0.3) is 0 Å². The lowest BCUT2D eigenvalue weighted by molar-refractivity contribution is 0.231. The summed E-state index contributed by atoms with van der Waals surface area (Å²) in [6.45, 7) is 0. The van der Waals surface area contributed by atoms with E-state index >= 15 is 0 Å². The van der Waals surface area contributed by atoms with Crippen LogP contribution >= 0.6 is 11.6 Å². The van der Waals surface area contributed by atoms with Crippen LogP contribution in [-0.4, -0.2) is 10.9 Å². The molecule has 0 spiro atoms. The molecule has 0 atom stereocenters. The van der Waals surface area contributed by atoms with Crippen LogP contribution in [0.2, 0.25) is 5.02 Å². The molecular formula is C19H20ClN5. The summed E-state index contributed by atoms with van der Waals surface area (Å²) < 4.78 is 0. The van der Waals surface area contributed by atoms with Crippen molar-refractivity contribution in [2.75, 3.05) is 0 Å². The van der Waals surface area contributed by atoms with E-state index in [1.165, 1.54) is 6.42 Å². The molecule has 128 valence electrons. The summed E-state index contributed by atoms with van der Waals surface area (Å²) in [5.41, 5.74) is 14.3. The Hall–Kier alpha value is -2.63. The number of allylic oxidation sites excluding steroid dienone is 2. The molecule has 0 unspecified atom stereocenters. The molecule has 0 amide bonds. The molecule has 5 nitrogen and oxygen atoms in total. The highest BCUT2D eigenvalue weighted by Crippen LogP contribution is 2.41. The molecule has 1 aromatic carbocycles. The van der Waals surface area contributed by atoms with Crippen molar-refractivity contribution in [3.63, 3.8) is 0 Å². The zero-order valence-corrected chi connectivity index (χ0v) is 14.6. The second-order valence-corrected chi connectivity index (χ2v) is 6.90. The molecule has 6 heteroatoms. The molecule has 1 aromatic rings. The fraction of sp³-hybridized carbons (Fsp3) is 0.368. The summed E-state index contributed by atoms with van der Waals surface area (Å²) in [4.78, 5) is 1.81. The smallest absolute Gasteiger partial charge is 0.120 e. The molecule has 0 bridgehead atoms. The summed E-state index contributed by atoms with van der Waals surface area (Å²) in [7, 11) is 0. The van der Waals surface area contributed by atoms with E-state index in [2.05, 4.69) is 12.1 Å². The number of nitrogens with two attached hydrogens (primary N) is 2. The Labute approximate surface area is 152 Å². The predicted molar refractivity (Wildman–Crippen MR) is 96.6 cm³/mol. The quantitative estimate of drug-likeness (QED) is 0.847. The van der Waals surface area contributed by atoms with E-state index in [1.54, 1.807) is 24.3 Å². The molecular weight excluding hydrogens is 334 g/mol. The fourth-order valence-corrected chi connectivity index (χ4v) is 3.92. The molecule has 0 aromatic heterocycles. The van der Waals surface area contributed by atoms with Gasteiger partial charge >= 0.3 is 0 Å². The second-order valence-electron chi connectivity index (χ2n) is 6.47. The van der Waals surface area contributed by atoms with Gasteiger partial charge in [-0.15, -0.1) is 0 Å². The first kappa shape index (κ1) is 17.2. The minimum Gasteiger partial charge on any atom is -0.384 e. The summed E-state index contributed by atoms with van der Waals surface area (Å²) in [6, 6.07) is 11.6. The third kappa shape index (κ3) is 3.04. The van der Waals surface area contributed by atoms with Crippen molar-refractivity contribution in [1.29, 1.82) is 10.5 Å². The molecule has 1 fully saturated rings. The minimum atomic E-state index is -0.549. The van der Waals surface area contributed by atoms with E-state index in [-0.39, 0.29) is 6.04 Å². The molecule has 1 saturated carbocycles. The molecule has 4 N–H and O–H groups in total. The van der Waals surface area contributed by atoms with Gasteiger partial charge in [-0.2, -0.15) is 10.5 Å². The Morgan fingerprint density at radius 1 is 0.920 bits per heavy atom. The minimum absolute atomic E-state index is 0.145. The highest BCUT2D eigenvalue weighted by molar-refractivity contribution is 6.30. The third-order valence-electron chi connectivity index (χ3n) is 5.03. The molecule has 0 radical (unpaired) electrons. The molecule has 2 aliphatic rings. The molecule has 1 heterocycles. The number of rotatable bonds is 2. The van der Waals surface area contributed by atoms with Gasteiger partial charge in [0, 0.05) is 11.1 Å². The average Bonchev–Trinajstić information content (AvgIpc) is 2.63. The number of nitrogens with zero attached hydrogens (tertiary/aromatic N) is 3. The van der Waals surface area contributed by atoms with Gasteiger partial charge in [0.1, 0.15) is 11.6 Å². The van der Waals surface area contributed by atoms with E-state index in [0.717, 1.165) is 31.2 Å². The van der Waals surface area contributed by atoms with Crippen molar-refractivity contribution in [1.82, 2.24) is 4.90 Å². The topological polar surface area (TPSA) is 103 Å². The lowest BCUT2D eigenvalue weighted by Crippen LogP contribution is -2.45. The second kappa shape index (κ2) is 7.09. The van der Waals surface area contributed by atoms with Gasteiger partial charge in [0.2, 0.25) is 0 Å². The largest absolute Gasteiger partial charge is 0.384 e. The van der Waals surface area contributed by atoms with Gasteiger partial charge in [-0.05, 0) is 30.5 Å². The van der Waals surface area contributed by atoms with Crippen LogP contribution in [0.25, 0.3) is 0 Å². The van der Waals surface area contributed by atoms with Crippen LogP contribution in [0.1, 0.15) is 43.6 Å². The summed E-state index contributed by atoms with van der Waals surface area (Å²) in [5, 5.41) is 20.1. The van der Waals surface area contributed by atoms with Gasteiger partial charge in [-0.25, -0.2) is 0 Å². The van der Waals surface area contributed by atoms with Crippen molar-refractivity contribution in [3.05, 3.63) is 57.6 Å². The van der Waals surface area contributed by atoms with Gasteiger partial charge in [0.05, 0.1) is 29.2 Å². The fourth-order valence-electron chi connectivity index (χ4n) is 3.79. The number of benzene rings is 1. The number of hydrogen-bond donors (Lipinski definition) is 2. The molecule has 3 rings (SSSR count). The summed E-state index contributed by atoms with van der Waals surface area (Å²) in [5.74, 6) is 0.184. The van der Waals surface area contributed by atoms with Crippen LogP contribution in [0.3, 0.4) is 0 Å². The van der Waals surface area contributed by atoms with Crippen molar-refractivity contribution in [2.45, 2.75) is 44.1 Å². The Balaban J connectivity index is 2.11. The zero-order valence-electron chi connectivity index (χ0n) is 13.9. The third-order valence-corrected chi connectivity index (χ3v) is 5.28. The lowest BCUT2D eigenvalue weighted by Gasteiger charge is -2.40. The van der Waals surface area contributed by atoms with E-state index in [9.17, 15) is 10.5 Å². The van der Waals surface area contributed by atoms with Crippen LogP contribution in [0.15, 0.2) is 47.1 Å². The summed E-state index contributed by atoms with van der Waals surface area (Å²) >= 11 is 5.96. The lowest BCUT2D eigenvalue weighted by atomic mass is 9.82. The van der Waals surface area contributed by atoms with Crippen LogP contribution in [-0.2, 0) is 0 Å². The first-order chi connectivity index (χ1) is 12.1. The standard InChI is InChI=1S/C19H20ClN5/c20-13-8-6-12(7-9-13)17-15(10-21)18(23)25(19(24)16(17)11-22)14-4-2-1-3-5-14/h6-9,14,17H,1-5,23-24H2. The van der Waals surface area contributed by atoms with Crippen LogP contribution in [0, 0.1) is 22.7 Å². The van der Waals surface area contributed by atoms with Crippen LogP contribution in [0.5, 0.6) is 0 Å². The van der Waals surface area contributed by atoms with E-state index < -0.39 is 5.92 Å². The highest BCUT2D eigenvalue weighted by atomic mass is 35.5. The number of nitriles is 2. The molecule has 1 aliphatic heterocycles. The van der Waals surface area contributed by atoms with Crippen LogP contribution in [0.4, 0.5) is 0 Å². The van der Waals surface area contributed by atoms with Crippen molar-refractivity contribution >= 4 is 11.6 Å². The maximum atomic E-state index is 9.75. The Bertz CT molecular complexity index is 766. The number of hydrogen-bond acceptors (Lipinski definition) is 5. The maximum absolute atomic E-state index is 9.75. The van der Waals surface area contributed by atoms with E-state index in [0.29, 0.717) is 27.8 Å². The molecule has 1 aliphatic carbocycles. The Kier molecular flexibility index (Phi) is 4.88. The van der Waals surface area contributed by atoms with E-state index in [1.807, 2.05) is 4.90 Å². The van der Waals surface area contributed by atoms with Crippen molar-refractivity contribution in [3.8, 4) is 12.1 Å². The highest BCUT2D eigenvalue weighted by Gasteiger charge is 2.37. The zero-order chi connectivity index (χ0) is 18.0. The monoisotopic (exact) mass is 353 g/mol. The van der Waals surface area contributed by atoms with Gasteiger partial charge in [-0.3, -0.25) is 0 Å². The van der Waals surface area contributed by atoms with Gasteiger partial charge in [-0.1, -0.05) is 43.0 Å². The van der Waals surface area contributed by atoms with Gasteiger partial charge < -0.3 is 16.4 Å². The van der Waals surface area contributed by atoms with Gasteiger partial charge in [0.15, 0.2) is 0 Å². The van der Waals surface area contributed by atoms with Crippen LogP contribution < -0.4 is 11.5 Å². The van der Waals surface area contributed by atoms with Crippen molar-refractivity contribution < 1.29 is 0 Å². The Morgan fingerprint density at radius 2 is 1.44 bits per heavy atom. The Morgan fingerprint density at radius 3 is 1.92 bits per heavy atom. The first-order valence-corrected chi connectivity index (χ1v) is 8.80. The first-order valence-electron chi connectivity index (χ1n) is 8.42. The number of halogens is 1.